The summed E-state index contributed by atoms with van der Waals surface area (Å²) in [6, 6.07) is 0. The minimum absolute atomic E-state index is 0.104. The lowest BCUT2D eigenvalue weighted by Crippen LogP contribution is -2.58. The Morgan fingerprint density at radius 2 is 1.84 bits per heavy atom. The Balaban J connectivity index is 1.38. The zero-order valence-electron chi connectivity index (χ0n) is 19.4. The van der Waals surface area contributed by atoms with E-state index in [1.807, 2.05) is 14.0 Å². The summed E-state index contributed by atoms with van der Waals surface area (Å²) in [5.41, 5.74) is -0.210. The van der Waals surface area contributed by atoms with Crippen LogP contribution in [0.1, 0.15) is 71.6 Å². The minimum atomic E-state index is -0.524. The van der Waals surface area contributed by atoms with E-state index in [9.17, 15) is 9.90 Å². The molecule has 0 aliphatic heterocycles. The number of aromatic nitrogens is 3. The summed E-state index contributed by atoms with van der Waals surface area (Å²) in [6.45, 7) is 5.56. The van der Waals surface area contributed by atoms with Crippen LogP contribution in [0.4, 0.5) is 0 Å². The Morgan fingerprint density at radius 1 is 1.06 bits per heavy atom. The highest BCUT2D eigenvalue weighted by Crippen LogP contribution is 2.68. The number of Topliss-reactive ketones (excluding diaryl/α,β-unsaturated/α-hetero) is 1. The first kappa shape index (κ1) is 21.6. The van der Waals surface area contributed by atoms with Crippen molar-refractivity contribution in [2.45, 2.75) is 83.8 Å². The van der Waals surface area contributed by atoms with Gasteiger partial charge in [0.15, 0.2) is 5.78 Å². The van der Waals surface area contributed by atoms with Crippen LogP contribution in [0.15, 0.2) is 12.4 Å². The average molecular weight is 430 g/mol. The summed E-state index contributed by atoms with van der Waals surface area (Å²) in [5.74, 6) is 2.99. The molecule has 0 radical (unpaired) electrons. The minimum Gasteiger partial charge on any atom is -0.390 e. The standard InChI is InChI=1S/C25H39N3O3/c1-23(30)10-11-25(16-31-3)17(14-23)4-5-18-19-6-7-21(24(19,2)9-8-20(18)25)22(29)15-28-26-12-13-27-28/h12-13,17-21,30H,4-11,14-16H2,1-3H3. The lowest BCUT2D eigenvalue weighted by Gasteiger charge is -2.62. The van der Waals surface area contributed by atoms with Crippen LogP contribution >= 0.6 is 0 Å². The first-order chi connectivity index (χ1) is 14.8. The second kappa shape index (κ2) is 7.65. The molecule has 1 aromatic rings. The number of ether oxygens (including phenoxy) is 1. The topological polar surface area (TPSA) is 77.2 Å². The fourth-order valence-corrected chi connectivity index (χ4v) is 8.89. The van der Waals surface area contributed by atoms with E-state index in [4.69, 9.17) is 4.74 Å². The van der Waals surface area contributed by atoms with Crippen molar-refractivity contribution in [3.63, 3.8) is 0 Å². The number of hydrogen-bond donors (Lipinski definition) is 1. The number of fused-ring (bicyclic) bond motifs is 5. The second-order valence-corrected chi connectivity index (χ2v) is 11.7. The molecule has 4 fully saturated rings. The molecule has 1 N–H and O–H groups in total. The van der Waals surface area contributed by atoms with E-state index in [0.717, 1.165) is 38.7 Å². The molecule has 8 unspecified atom stereocenters. The van der Waals surface area contributed by atoms with Gasteiger partial charge in [0.1, 0.15) is 6.54 Å². The van der Waals surface area contributed by atoms with Crippen LogP contribution in [0.2, 0.25) is 0 Å². The number of carbonyl (C=O) groups excluding carboxylic acids is 1. The van der Waals surface area contributed by atoms with Crippen LogP contribution < -0.4 is 0 Å². The van der Waals surface area contributed by atoms with Crippen molar-refractivity contribution in [1.82, 2.24) is 15.0 Å². The predicted molar refractivity (Wildman–Crippen MR) is 117 cm³/mol. The van der Waals surface area contributed by atoms with Crippen molar-refractivity contribution in [1.29, 1.82) is 0 Å². The Bertz CT molecular complexity index is 809. The zero-order valence-corrected chi connectivity index (χ0v) is 19.4. The third kappa shape index (κ3) is 3.40. The lowest BCUT2D eigenvalue weighted by atomic mass is 9.43. The highest BCUT2D eigenvalue weighted by atomic mass is 16.5. The molecule has 0 amide bonds. The third-order valence-electron chi connectivity index (χ3n) is 10.2. The zero-order chi connectivity index (χ0) is 21.9. The van der Waals surface area contributed by atoms with Gasteiger partial charge in [-0.3, -0.25) is 4.79 Å². The Morgan fingerprint density at radius 3 is 2.58 bits per heavy atom. The molecule has 31 heavy (non-hydrogen) atoms. The van der Waals surface area contributed by atoms with Gasteiger partial charge in [0, 0.05) is 13.0 Å². The lowest BCUT2D eigenvalue weighted by molar-refractivity contribution is -0.175. The van der Waals surface area contributed by atoms with Gasteiger partial charge >= 0.3 is 0 Å². The van der Waals surface area contributed by atoms with Gasteiger partial charge in [-0.2, -0.15) is 15.0 Å². The molecule has 4 saturated carbocycles. The number of ketones is 1. The second-order valence-electron chi connectivity index (χ2n) is 11.7. The summed E-state index contributed by atoms with van der Waals surface area (Å²) in [5, 5.41) is 19.1. The smallest absolute Gasteiger partial charge is 0.159 e. The summed E-state index contributed by atoms with van der Waals surface area (Å²) in [7, 11) is 1.85. The number of aliphatic hydroxyl groups is 1. The van der Waals surface area contributed by atoms with E-state index in [-0.39, 0.29) is 16.7 Å². The SMILES string of the molecule is COCC12CCC(C)(O)CC1CCC1C3CCC(C(=O)Cn4nccn4)C3(C)CCC12. The van der Waals surface area contributed by atoms with Crippen molar-refractivity contribution in [2.24, 2.45) is 40.4 Å². The Labute approximate surface area is 186 Å². The maximum absolute atomic E-state index is 13.2. The van der Waals surface area contributed by atoms with E-state index in [0.29, 0.717) is 36.0 Å². The van der Waals surface area contributed by atoms with Crippen LogP contribution in [-0.2, 0) is 16.1 Å². The normalized spacial score (nSPS) is 46.8. The Hall–Kier alpha value is -1.27. The van der Waals surface area contributed by atoms with E-state index in [1.54, 1.807) is 12.4 Å². The molecular weight excluding hydrogens is 390 g/mol. The third-order valence-corrected chi connectivity index (χ3v) is 10.2. The van der Waals surface area contributed by atoms with Crippen LogP contribution in [0.3, 0.4) is 0 Å². The number of hydrogen-bond acceptors (Lipinski definition) is 5. The fourth-order valence-electron chi connectivity index (χ4n) is 8.89. The molecule has 0 bridgehead atoms. The molecule has 4 aliphatic carbocycles. The van der Waals surface area contributed by atoms with Crippen LogP contribution in [0.25, 0.3) is 0 Å². The number of methoxy groups -OCH3 is 1. The van der Waals surface area contributed by atoms with Crippen LogP contribution in [0.5, 0.6) is 0 Å². The molecule has 0 spiro atoms. The van der Waals surface area contributed by atoms with Crippen molar-refractivity contribution in [2.75, 3.05) is 13.7 Å². The highest BCUT2D eigenvalue weighted by molar-refractivity contribution is 5.82. The van der Waals surface area contributed by atoms with Gasteiger partial charge in [0.25, 0.3) is 0 Å². The van der Waals surface area contributed by atoms with Gasteiger partial charge in [-0.25, -0.2) is 0 Å². The molecule has 0 saturated heterocycles. The summed E-state index contributed by atoms with van der Waals surface area (Å²) >= 11 is 0. The monoisotopic (exact) mass is 429 g/mol. The van der Waals surface area contributed by atoms with Crippen LogP contribution in [0, 0.1) is 40.4 Å². The molecular formula is C25H39N3O3. The van der Waals surface area contributed by atoms with Crippen molar-refractivity contribution >= 4 is 5.78 Å². The van der Waals surface area contributed by atoms with E-state index >= 15 is 0 Å². The molecule has 5 rings (SSSR count). The van der Waals surface area contributed by atoms with Crippen LogP contribution in [-0.4, -0.2) is 45.2 Å². The summed E-state index contributed by atoms with van der Waals surface area (Å²) in [6.07, 6.45) is 13.1. The molecule has 1 heterocycles. The van der Waals surface area contributed by atoms with Gasteiger partial charge in [-0.1, -0.05) is 6.92 Å². The maximum Gasteiger partial charge on any atom is 0.159 e. The number of nitrogens with zero attached hydrogens (tertiary/aromatic N) is 3. The molecule has 6 heteroatoms. The maximum atomic E-state index is 13.2. The van der Waals surface area contributed by atoms with Gasteiger partial charge in [0.2, 0.25) is 0 Å². The molecule has 6 nitrogen and oxygen atoms in total. The molecule has 172 valence electrons. The van der Waals surface area contributed by atoms with Gasteiger partial charge < -0.3 is 9.84 Å². The fraction of sp³-hybridized carbons (Fsp3) is 0.880. The molecule has 1 aromatic heterocycles. The predicted octanol–water partition coefficient (Wildman–Crippen LogP) is 3.88. The quantitative estimate of drug-likeness (QED) is 0.768. The van der Waals surface area contributed by atoms with Gasteiger partial charge in [0.05, 0.1) is 24.6 Å². The summed E-state index contributed by atoms with van der Waals surface area (Å²) in [4.78, 5) is 14.8. The summed E-state index contributed by atoms with van der Waals surface area (Å²) < 4.78 is 5.86. The molecule has 4 aliphatic rings. The van der Waals surface area contributed by atoms with E-state index in [1.165, 1.54) is 30.5 Å². The van der Waals surface area contributed by atoms with Crippen molar-refractivity contribution in [3.05, 3.63) is 12.4 Å². The largest absolute Gasteiger partial charge is 0.390 e. The highest BCUT2D eigenvalue weighted by Gasteiger charge is 2.63. The van der Waals surface area contributed by atoms with Crippen molar-refractivity contribution in [3.8, 4) is 0 Å². The molecule has 0 aromatic carbocycles. The van der Waals surface area contributed by atoms with Gasteiger partial charge in [-0.05, 0) is 99.2 Å². The first-order valence-electron chi connectivity index (χ1n) is 12.4. The van der Waals surface area contributed by atoms with Gasteiger partial charge in [-0.15, -0.1) is 0 Å². The van der Waals surface area contributed by atoms with Crippen molar-refractivity contribution < 1.29 is 14.6 Å². The van der Waals surface area contributed by atoms with E-state index < -0.39 is 5.60 Å². The average Bonchev–Trinajstić information content (AvgIpc) is 3.35. The number of rotatable bonds is 5. The first-order valence-corrected chi connectivity index (χ1v) is 12.4. The Kier molecular flexibility index (Phi) is 5.32. The van der Waals surface area contributed by atoms with E-state index in [2.05, 4.69) is 17.1 Å². The number of carbonyl (C=O) groups is 1. The molecule has 8 atom stereocenters.